The summed E-state index contributed by atoms with van der Waals surface area (Å²) in [6, 6.07) is 1.80. The van der Waals surface area contributed by atoms with E-state index in [1.54, 1.807) is 10.7 Å². The van der Waals surface area contributed by atoms with Gasteiger partial charge in [0.15, 0.2) is 0 Å². The van der Waals surface area contributed by atoms with Crippen molar-refractivity contribution in [2.75, 3.05) is 5.73 Å². The molecule has 0 saturated carbocycles. The van der Waals surface area contributed by atoms with Gasteiger partial charge in [0, 0.05) is 13.1 Å². The van der Waals surface area contributed by atoms with Gasteiger partial charge in [-0.3, -0.25) is 4.68 Å². The van der Waals surface area contributed by atoms with Gasteiger partial charge in [0.25, 0.3) is 0 Å². The van der Waals surface area contributed by atoms with E-state index in [0.29, 0.717) is 5.82 Å². The molecule has 0 amide bonds. The van der Waals surface area contributed by atoms with Crippen LogP contribution in [0.15, 0.2) is 6.07 Å². The summed E-state index contributed by atoms with van der Waals surface area (Å²) in [7, 11) is 0.515. The van der Waals surface area contributed by atoms with Gasteiger partial charge in [-0.25, -0.2) is 0 Å². The molecule has 1 aromatic heterocycles. The standard InChI is InChI=1S/C9H15N3Si/c1-12-9(10)7-8(11-12)5-6-13(2,3)4/h7H,10H2,1-4H3. The molecule has 4 heteroatoms. The first-order chi connectivity index (χ1) is 5.88. The van der Waals surface area contributed by atoms with Gasteiger partial charge < -0.3 is 5.73 Å². The van der Waals surface area contributed by atoms with Crippen LogP contribution in [-0.2, 0) is 7.05 Å². The minimum Gasteiger partial charge on any atom is -0.384 e. The molecule has 0 aliphatic heterocycles. The highest BCUT2D eigenvalue weighted by Crippen LogP contribution is 2.03. The van der Waals surface area contributed by atoms with Crippen molar-refractivity contribution in [2.24, 2.45) is 7.05 Å². The van der Waals surface area contributed by atoms with E-state index >= 15 is 0 Å². The third-order valence-corrected chi connectivity index (χ3v) is 2.36. The lowest BCUT2D eigenvalue weighted by molar-refractivity contribution is 0.775. The highest BCUT2D eigenvalue weighted by Gasteiger charge is 2.08. The summed E-state index contributed by atoms with van der Waals surface area (Å²) >= 11 is 0. The molecule has 0 saturated heterocycles. The Bertz CT molecular complexity index is 343. The quantitative estimate of drug-likeness (QED) is 0.497. The van der Waals surface area contributed by atoms with Gasteiger partial charge in [0.1, 0.15) is 19.6 Å². The largest absolute Gasteiger partial charge is 0.384 e. The Hall–Kier alpha value is -1.21. The van der Waals surface area contributed by atoms with Gasteiger partial charge in [-0.1, -0.05) is 25.6 Å². The molecule has 0 fully saturated rings. The first kappa shape index (κ1) is 9.87. The van der Waals surface area contributed by atoms with Gasteiger partial charge in [0.05, 0.1) is 0 Å². The second-order valence-corrected chi connectivity index (χ2v) is 8.83. The van der Waals surface area contributed by atoms with Gasteiger partial charge in [0.2, 0.25) is 0 Å². The van der Waals surface area contributed by atoms with Crippen LogP contribution in [0.3, 0.4) is 0 Å². The van der Waals surface area contributed by atoms with Gasteiger partial charge in [-0.15, -0.1) is 5.54 Å². The van der Waals surface area contributed by atoms with Crippen LogP contribution < -0.4 is 5.73 Å². The molecule has 2 N–H and O–H groups in total. The van der Waals surface area contributed by atoms with E-state index in [1.807, 2.05) is 7.05 Å². The molecule has 1 rings (SSSR count). The smallest absolute Gasteiger partial charge is 0.136 e. The Morgan fingerprint density at radius 2 is 2.08 bits per heavy atom. The summed E-state index contributed by atoms with van der Waals surface area (Å²) in [6.07, 6.45) is 0. The lowest BCUT2D eigenvalue weighted by Crippen LogP contribution is -2.16. The Kier molecular flexibility index (Phi) is 2.48. The van der Waals surface area contributed by atoms with Crippen LogP contribution in [0, 0.1) is 11.5 Å². The molecule has 1 heterocycles. The molecule has 0 spiro atoms. The van der Waals surface area contributed by atoms with Crippen LogP contribution >= 0.6 is 0 Å². The minimum absolute atomic E-state index is 0.653. The summed E-state index contributed by atoms with van der Waals surface area (Å²) in [5.74, 6) is 3.70. The summed E-state index contributed by atoms with van der Waals surface area (Å²) in [4.78, 5) is 0. The molecule has 0 aliphatic carbocycles. The predicted octanol–water partition coefficient (Wildman–Crippen LogP) is 1.23. The second-order valence-electron chi connectivity index (χ2n) is 4.08. The molecule has 0 radical (unpaired) electrons. The van der Waals surface area contributed by atoms with Crippen molar-refractivity contribution in [3.8, 4) is 11.5 Å². The predicted molar refractivity (Wildman–Crippen MR) is 57.8 cm³/mol. The number of aryl methyl sites for hydroxylation is 1. The monoisotopic (exact) mass is 193 g/mol. The van der Waals surface area contributed by atoms with E-state index < -0.39 is 8.07 Å². The summed E-state index contributed by atoms with van der Waals surface area (Å²) in [5.41, 5.74) is 9.63. The lowest BCUT2D eigenvalue weighted by Gasteiger charge is -2.02. The first-order valence-electron chi connectivity index (χ1n) is 4.21. The third-order valence-electron chi connectivity index (χ3n) is 1.48. The molecule has 13 heavy (non-hydrogen) atoms. The molecule has 1 aromatic rings. The fourth-order valence-electron chi connectivity index (χ4n) is 0.794. The average molecular weight is 193 g/mol. The van der Waals surface area contributed by atoms with Crippen LogP contribution in [0.2, 0.25) is 19.6 Å². The van der Waals surface area contributed by atoms with Crippen molar-refractivity contribution >= 4 is 13.9 Å². The van der Waals surface area contributed by atoms with E-state index in [1.165, 1.54) is 0 Å². The molecule has 3 nitrogen and oxygen atoms in total. The number of aromatic nitrogens is 2. The van der Waals surface area contributed by atoms with Gasteiger partial charge >= 0.3 is 0 Å². The molecule has 0 unspecified atom stereocenters. The molecule has 70 valence electrons. The number of nitrogens with two attached hydrogens (primary N) is 1. The summed E-state index contributed by atoms with van der Waals surface area (Å²) in [5, 5.41) is 4.15. The molecular weight excluding hydrogens is 178 g/mol. The fourth-order valence-corrected chi connectivity index (χ4v) is 1.30. The number of nitrogens with zero attached hydrogens (tertiary/aromatic N) is 2. The SMILES string of the molecule is Cn1nc(C#C[Si](C)(C)C)cc1N. The Labute approximate surface area is 79.9 Å². The molecule has 0 bridgehead atoms. The topological polar surface area (TPSA) is 43.8 Å². The minimum atomic E-state index is -1.30. The van der Waals surface area contributed by atoms with Crippen molar-refractivity contribution in [2.45, 2.75) is 19.6 Å². The van der Waals surface area contributed by atoms with E-state index in [4.69, 9.17) is 5.73 Å². The number of hydrogen-bond acceptors (Lipinski definition) is 2. The zero-order valence-corrected chi connectivity index (χ0v) is 9.55. The van der Waals surface area contributed by atoms with Gasteiger partial charge in [-0.2, -0.15) is 5.10 Å². The van der Waals surface area contributed by atoms with E-state index in [0.717, 1.165) is 5.69 Å². The molecule has 0 aliphatic rings. The van der Waals surface area contributed by atoms with E-state index in [-0.39, 0.29) is 0 Å². The average Bonchev–Trinajstić information content (AvgIpc) is 2.27. The van der Waals surface area contributed by atoms with Crippen LogP contribution in [0.5, 0.6) is 0 Å². The maximum absolute atomic E-state index is 5.62. The summed E-state index contributed by atoms with van der Waals surface area (Å²) in [6.45, 7) is 6.60. The van der Waals surface area contributed by atoms with E-state index in [2.05, 4.69) is 36.2 Å². The number of rotatable bonds is 0. The lowest BCUT2D eigenvalue weighted by atomic mass is 10.4. The normalized spacial score (nSPS) is 10.8. The van der Waals surface area contributed by atoms with Crippen LogP contribution in [0.25, 0.3) is 0 Å². The number of anilines is 1. The van der Waals surface area contributed by atoms with Gasteiger partial charge in [-0.05, 0) is 0 Å². The maximum atomic E-state index is 5.62. The Morgan fingerprint density at radius 1 is 1.46 bits per heavy atom. The van der Waals surface area contributed by atoms with Crippen molar-refractivity contribution in [3.05, 3.63) is 11.8 Å². The molecule has 0 aromatic carbocycles. The third kappa shape index (κ3) is 2.96. The van der Waals surface area contributed by atoms with Crippen molar-refractivity contribution in [3.63, 3.8) is 0 Å². The summed E-state index contributed by atoms with van der Waals surface area (Å²) < 4.78 is 1.63. The number of nitrogen functional groups attached to an aromatic ring is 1. The number of hydrogen-bond donors (Lipinski definition) is 1. The van der Waals surface area contributed by atoms with Crippen molar-refractivity contribution in [1.29, 1.82) is 0 Å². The van der Waals surface area contributed by atoms with Crippen LogP contribution in [0.1, 0.15) is 5.69 Å². The molecular formula is C9H15N3Si. The second kappa shape index (κ2) is 3.27. The van der Waals surface area contributed by atoms with E-state index in [9.17, 15) is 0 Å². The highest BCUT2D eigenvalue weighted by molar-refractivity contribution is 6.83. The zero-order chi connectivity index (χ0) is 10.1. The van der Waals surface area contributed by atoms with Crippen molar-refractivity contribution < 1.29 is 0 Å². The van der Waals surface area contributed by atoms with Crippen LogP contribution in [0.4, 0.5) is 5.82 Å². The van der Waals surface area contributed by atoms with Crippen LogP contribution in [-0.4, -0.2) is 17.9 Å². The highest BCUT2D eigenvalue weighted by atomic mass is 28.3. The zero-order valence-electron chi connectivity index (χ0n) is 8.55. The Balaban J connectivity index is 2.91. The Morgan fingerprint density at radius 3 is 2.46 bits per heavy atom. The molecule has 0 atom stereocenters. The fraction of sp³-hybridized carbons (Fsp3) is 0.444. The maximum Gasteiger partial charge on any atom is 0.136 e. The first-order valence-corrected chi connectivity index (χ1v) is 7.71. The van der Waals surface area contributed by atoms with Crippen molar-refractivity contribution in [1.82, 2.24) is 9.78 Å².